The third kappa shape index (κ3) is 5.82. The van der Waals surface area contributed by atoms with Crippen LogP contribution in [0.2, 0.25) is 0 Å². The van der Waals surface area contributed by atoms with Crippen LogP contribution in [0.4, 0.5) is 0 Å². The summed E-state index contributed by atoms with van der Waals surface area (Å²) in [4.78, 5) is 14.6. The largest absolute Gasteiger partial charge is 0.373 e. The lowest BCUT2D eigenvalue weighted by molar-refractivity contribution is -0.124. The maximum Gasteiger partial charge on any atom is 0.234 e. The number of ether oxygens (including phenoxy) is 1. The van der Waals surface area contributed by atoms with Gasteiger partial charge in [-0.2, -0.15) is 0 Å². The van der Waals surface area contributed by atoms with E-state index >= 15 is 0 Å². The van der Waals surface area contributed by atoms with Gasteiger partial charge in [0.1, 0.15) is 0 Å². The Kier molecular flexibility index (Phi) is 6.88. The van der Waals surface area contributed by atoms with Gasteiger partial charge >= 0.3 is 0 Å². The number of nitrogens with one attached hydrogen (secondary N) is 1. The Morgan fingerprint density at radius 1 is 1.12 bits per heavy atom. The summed E-state index contributed by atoms with van der Waals surface area (Å²) < 4.78 is 6.03. The van der Waals surface area contributed by atoms with Gasteiger partial charge in [0, 0.05) is 19.1 Å². The zero-order valence-electron chi connectivity index (χ0n) is 15.5. The molecule has 1 amide bonds. The van der Waals surface area contributed by atoms with E-state index in [0.717, 1.165) is 32.4 Å². The molecule has 0 bridgehead atoms. The van der Waals surface area contributed by atoms with Gasteiger partial charge in [-0.3, -0.25) is 9.69 Å². The quantitative estimate of drug-likeness (QED) is 0.860. The molecular formula is C21H32N2O2. The molecule has 1 aliphatic carbocycles. The van der Waals surface area contributed by atoms with Gasteiger partial charge in [0.15, 0.2) is 0 Å². The normalized spacial score (nSPS) is 25.6. The van der Waals surface area contributed by atoms with E-state index in [1.54, 1.807) is 0 Å². The highest BCUT2D eigenvalue weighted by atomic mass is 16.5. The monoisotopic (exact) mass is 344 g/mol. The van der Waals surface area contributed by atoms with Crippen LogP contribution in [-0.4, -0.2) is 42.6 Å². The first-order chi connectivity index (χ1) is 12.2. The summed E-state index contributed by atoms with van der Waals surface area (Å²) >= 11 is 0. The minimum absolute atomic E-state index is 0.197. The van der Waals surface area contributed by atoms with Gasteiger partial charge in [-0.1, -0.05) is 50.1 Å². The standard InChI is InChI=1S/C21H32N2O2/c1-17-7-5-6-10-20(17)22-21(24)15-23-13-11-19(12-14-23)25-16-18-8-3-2-4-9-18/h2-4,8-9,17,19-20H,5-7,10-16H2,1H3,(H,22,24)/t17-,20-/m1/s1. The van der Waals surface area contributed by atoms with Crippen molar-refractivity contribution in [3.8, 4) is 0 Å². The number of piperidine rings is 1. The van der Waals surface area contributed by atoms with Crippen LogP contribution in [0.5, 0.6) is 0 Å². The number of hydrogen-bond acceptors (Lipinski definition) is 3. The molecule has 2 aliphatic rings. The molecule has 1 heterocycles. The van der Waals surface area contributed by atoms with E-state index in [4.69, 9.17) is 4.74 Å². The average Bonchev–Trinajstić information content (AvgIpc) is 2.64. The summed E-state index contributed by atoms with van der Waals surface area (Å²) in [6, 6.07) is 10.7. The molecule has 0 aromatic heterocycles. The van der Waals surface area contributed by atoms with Gasteiger partial charge in [0.05, 0.1) is 19.3 Å². The van der Waals surface area contributed by atoms with Crippen molar-refractivity contribution in [1.29, 1.82) is 0 Å². The van der Waals surface area contributed by atoms with Crippen molar-refractivity contribution >= 4 is 5.91 Å². The van der Waals surface area contributed by atoms with Crippen LogP contribution in [0.1, 0.15) is 51.0 Å². The van der Waals surface area contributed by atoms with Crippen molar-refractivity contribution < 1.29 is 9.53 Å². The van der Waals surface area contributed by atoms with Crippen LogP contribution in [0.3, 0.4) is 0 Å². The van der Waals surface area contributed by atoms with Crippen molar-refractivity contribution in [3.05, 3.63) is 35.9 Å². The number of amides is 1. The van der Waals surface area contributed by atoms with Crippen LogP contribution >= 0.6 is 0 Å². The lowest BCUT2D eigenvalue weighted by Gasteiger charge is -2.33. The zero-order valence-corrected chi connectivity index (χ0v) is 15.5. The maximum absolute atomic E-state index is 12.3. The van der Waals surface area contributed by atoms with Crippen molar-refractivity contribution in [2.75, 3.05) is 19.6 Å². The highest BCUT2D eigenvalue weighted by molar-refractivity contribution is 5.78. The summed E-state index contributed by atoms with van der Waals surface area (Å²) in [7, 11) is 0. The molecule has 0 unspecified atom stereocenters. The molecule has 1 aromatic carbocycles. The molecule has 1 aromatic rings. The van der Waals surface area contributed by atoms with Gasteiger partial charge in [-0.05, 0) is 37.2 Å². The fourth-order valence-electron chi connectivity index (χ4n) is 4.01. The van der Waals surface area contributed by atoms with E-state index in [1.807, 2.05) is 18.2 Å². The molecule has 2 fully saturated rings. The van der Waals surface area contributed by atoms with E-state index in [-0.39, 0.29) is 5.91 Å². The van der Waals surface area contributed by atoms with E-state index in [1.165, 1.54) is 24.8 Å². The summed E-state index contributed by atoms with van der Waals surface area (Å²) in [6.45, 7) is 5.39. The first-order valence-corrected chi connectivity index (χ1v) is 9.88. The van der Waals surface area contributed by atoms with Gasteiger partial charge < -0.3 is 10.1 Å². The minimum Gasteiger partial charge on any atom is -0.373 e. The molecule has 1 saturated carbocycles. The summed E-state index contributed by atoms with van der Waals surface area (Å²) in [5, 5.41) is 3.26. The number of hydrogen-bond donors (Lipinski definition) is 1. The van der Waals surface area contributed by atoms with E-state index in [2.05, 4.69) is 29.3 Å². The Morgan fingerprint density at radius 3 is 2.56 bits per heavy atom. The van der Waals surface area contributed by atoms with Gasteiger partial charge in [0.2, 0.25) is 5.91 Å². The number of rotatable bonds is 6. The number of carbonyl (C=O) groups is 1. The van der Waals surface area contributed by atoms with Crippen LogP contribution in [-0.2, 0) is 16.1 Å². The fraction of sp³-hybridized carbons (Fsp3) is 0.667. The first kappa shape index (κ1) is 18.4. The molecule has 4 nitrogen and oxygen atoms in total. The van der Waals surface area contributed by atoms with Gasteiger partial charge in [-0.15, -0.1) is 0 Å². The van der Waals surface area contributed by atoms with Crippen molar-refractivity contribution in [3.63, 3.8) is 0 Å². The predicted octanol–water partition coefficient (Wildman–Crippen LogP) is 3.36. The first-order valence-electron chi connectivity index (χ1n) is 9.88. The molecule has 0 radical (unpaired) electrons. The van der Waals surface area contributed by atoms with E-state index in [0.29, 0.717) is 31.2 Å². The zero-order chi connectivity index (χ0) is 17.5. The van der Waals surface area contributed by atoms with Crippen LogP contribution in [0.25, 0.3) is 0 Å². The Balaban J connectivity index is 1.34. The summed E-state index contributed by atoms with van der Waals surface area (Å²) in [5.74, 6) is 0.817. The molecular weight excluding hydrogens is 312 g/mol. The smallest absolute Gasteiger partial charge is 0.234 e. The fourth-order valence-corrected chi connectivity index (χ4v) is 4.01. The molecule has 1 aliphatic heterocycles. The van der Waals surface area contributed by atoms with Gasteiger partial charge in [-0.25, -0.2) is 0 Å². The molecule has 2 atom stereocenters. The van der Waals surface area contributed by atoms with Gasteiger partial charge in [0.25, 0.3) is 0 Å². The van der Waals surface area contributed by atoms with E-state index in [9.17, 15) is 4.79 Å². The molecule has 4 heteroatoms. The van der Waals surface area contributed by atoms with Crippen LogP contribution < -0.4 is 5.32 Å². The second-order valence-electron chi connectivity index (χ2n) is 7.71. The second-order valence-corrected chi connectivity index (χ2v) is 7.71. The highest BCUT2D eigenvalue weighted by Crippen LogP contribution is 2.23. The minimum atomic E-state index is 0.197. The number of likely N-dealkylation sites (tertiary alicyclic amines) is 1. The lowest BCUT2D eigenvalue weighted by Crippen LogP contribution is -2.47. The van der Waals surface area contributed by atoms with Crippen LogP contribution in [0, 0.1) is 5.92 Å². The molecule has 3 rings (SSSR count). The third-order valence-electron chi connectivity index (χ3n) is 5.69. The lowest BCUT2D eigenvalue weighted by atomic mass is 9.86. The second kappa shape index (κ2) is 9.35. The summed E-state index contributed by atoms with van der Waals surface area (Å²) in [5.41, 5.74) is 1.23. The maximum atomic E-state index is 12.3. The SMILES string of the molecule is C[C@@H]1CCCC[C@H]1NC(=O)CN1CCC(OCc2ccccc2)CC1. The Hall–Kier alpha value is -1.39. The third-order valence-corrected chi connectivity index (χ3v) is 5.69. The highest BCUT2D eigenvalue weighted by Gasteiger charge is 2.25. The Morgan fingerprint density at radius 2 is 1.84 bits per heavy atom. The Bertz CT molecular complexity index is 526. The molecule has 1 N–H and O–H groups in total. The topological polar surface area (TPSA) is 41.6 Å². The van der Waals surface area contributed by atoms with Crippen molar-refractivity contribution in [1.82, 2.24) is 10.2 Å². The van der Waals surface area contributed by atoms with E-state index < -0.39 is 0 Å². The van der Waals surface area contributed by atoms with Crippen LogP contribution in [0.15, 0.2) is 30.3 Å². The molecule has 138 valence electrons. The number of nitrogens with zero attached hydrogens (tertiary/aromatic N) is 1. The number of carbonyl (C=O) groups excluding carboxylic acids is 1. The summed E-state index contributed by atoms with van der Waals surface area (Å²) in [6.07, 6.45) is 7.29. The molecule has 25 heavy (non-hydrogen) atoms. The predicted molar refractivity (Wildman–Crippen MR) is 100 cm³/mol. The molecule has 1 saturated heterocycles. The van der Waals surface area contributed by atoms with Crippen molar-refractivity contribution in [2.24, 2.45) is 5.92 Å². The number of benzene rings is 1. The van der Waals surface area contributed by atoms with Crippen molar-refractivity contribution in [2.45, 2.75) is 64.2 Å². The Labute approximate surface area is 151 Å². The molecule has 0 spiro atoms. The average molecular weight is 344 g/mol.